The quantitative estimate of drug-likeness (QED) is 0.768. The van der Waals surface area contributed by atoms with Crippen molar-refractivity contribution in [2.24, 2.45) is 4.99 Å². The SMILES string of the molecule is CN1CCN=C1NCCn1c(=O)[nH]c2ccccc21.I. The van der Waals surface area contributed by atoms with Crippen LogP contribution in [0.5, 0.6) is 0 Å². The van der Waals surface area contributed by atoms with Gasteiger partial charge in [0.25, 0.3) is 0 Å². The van der Waals surface area contributed by atoms with Crippen LogP contribution < -0.4 is 11.0 Å². The fourth-order valence-corrected chi connectivity index (χ4v) is 2.33. The number of aromatic nitrogens is 2. The number of guanidine groups is 1. The highest BCUT2D eigenvalue weighted by molar-refractivity contribution is 14.0. The lowest BCUT2D eigenvalue weighted by molar-refractivity contribution is 0.528. The number of aromatic amines is 1. The van der Waals surface area contributed by atoms with E-state index in [1.807, 2.05) is 31.3 Å². The first-order valence-corrected chi connectivity index (χ1v) is 6.43. The van der Waals surface area contributed by atoms with E-state index >= 15 is 0 Å². The first-order valence-electron chi connectivity index (χ1n) is 6.43. The molecule has 0 aliphatic carbocycles. The van der Waals surface area contributed by atoms with E-state index in [1.165, 1.54) is 0 Å². The third kappa shape index (κ3) is 2.82. The van der Waals surface area contributed by atoms with Gasteiger partial charge in [-0.05, 0) is 12.1 Å². The van der Waals surface area contributed by atoms with Crippen molar-refractivity contribution in [3.63, 3.8) is 0 Å². The van der Waals surface area contributed by atoms with Crippen molar-refractivity contribution < 1.29 is 0 Å². The molecule has 2 aromatic rings. The molecule has 0 bridgehead atoms. The van der Waals surface area contributed by atoms with Crippen LogP contribution in [0.15, 0.2) is 34.1 Å². The molecule has 0 amide bonds. The Morgan fingerprint density at radius 1 is 1.40 bits per heavy atom. The van der Waals surface area contributed by atoms with E-state index in [2.05, 4.69) is 20.2 Å². The van der Waals surface area contributed by atoms with Gasteiger partial charge in [-0.25, -0.2) is 4.79 Å². The van der Waals surface area contributed by atoms with Gasteiger partial charge in [-0.2, -0.15) is 0 Å². The molecule has 0 radical (unpaired) electrons. The number of nitrogens with zero attached hydrogens (tertiary/aromatic N) is 3. The second kappa shape index (κ2) is 6.29. The van der Waals surface area contributed by atoms with Crippen molar-refractivity contribution in [2.45, 2.75) is 6.54 Å². The summed E-state index contributed by atoms with van der Waals surface area (Å²) in [6, 6.07) is 7.72. The largest absolute Gasteiger partial charge is 0.354 e. The molecule has 2 N–H and O–H groups in total. The molecule has 0 atom stereocenters. The fraction of sp³-hybridized carbons (Fsp3) is 0.385. The number of aliphatic imine (C=N–C) groups is 1. The summed E-state index contributed by atoms with van der Waals surface area (Å²) in [7, 11) is 2.01. The standard InChI is InChI=1S/C13H17N5O.HI/c1-17-8-6-14-12(17)15-7-9-18-11-5-3-2-4-10(11)16-13(18)19;/h2-5H,6-9H2,1H3,(H,14,15)(H,16,19);1H. The second-order valence-electron chi connectivity index (χ2n) is 4.65. The van der Waals surface area contributed by atoms with E-state index in [0.29, 0.717) is 13.1 Å². The number of fused-ring (bicyclic) bond motifs is 1. The van der Waals surface area contributed by atoms with Gasteiger partial charge in [0, 0.05) is 26.7 Å². The second-order valence-corrected chi connectivity index (χ2v) is 4.65. The summed E-state index contributed by atoms with van der Waals surface area (Å²) in [4.78, 5) is 21.2. The topological polar surface area (TPSA) is 65.4 Å². The minimum atomic E-state index is -0.0651. The fourth-order valence-electron chi connectivity index (χ4n) is 2.33. The van der Waals surface area contributed by atoms with E-state index in [-0.39, 0.29) is 29.7 Å². The molecule has 3 rings (SSSR count). The van der Waals surface area contributed by atoms with Crippen molar-refractivity contribution in [3.8, 4) is 0 Å². The molecule has 0 saturated carbocycles. The number of likely N-dealkylation sites (N-methyl/N-ethyl adjacent to an activating group) is 1. The first-order chi connectivity index (χ1) is 9.25. The molecule has 108 valence electrons. The molecule has 1 aromatic carbocycles. The van der Waals surface area contributed by atoms with Gasteiger partial charge in [0.05, 0.1) is 17.6 Å². The lowest BCUT2D eigenvalue weighted by Crippen LogP contribution is -2.38. The van der Waals surface area contributed by atoms with Crippen molar-refractivity contribution in [1.82, 2.24) is 19.8 Å². The third-order valence-electron chi connectivity index (χ3n) is 3.36. The zero-order valence-electron chi connectivity index (χ0n) is 11.3. The van der Waals surface area contributed by atoms with Gasteiger partial charge in [-0.15, -0.1) is 24.0 Å². The lowest BCUT2D eigenvalue weighted by Gasteiger charge is -2.15. The average Bonchev–Trinajstić information content (AvgIpc) is 2.94. The van der Waals surface area contributed by atoms with Crippen LogP contribution in [0.3, 0.4) is 0 Å². The highest BCUT2D eigenvalue weighted by Crippen LogP contribution is 2.08. The maximum absolute atomic E-state index is 11.9. The van der Waals surface area contributed by atoms with E-state index in [4.69, 9.17) is 0 Å². The van der Waals surface area contributed by atoms with Crippen LogP contribution in [0.4, 0.5) is 0 Å². The van der Waals surface area contributed by atoms with E-state index in [9.17, 15) is 4.79 Å². The molecule has 7 heteroatoms. The lowest BCUT2D eigenvalue weighted by atomic mass is 10.3. The van der Waals surface area contributed by atoms with E-state index in [1.54, 1.807) is 4.57 Å². The summed E-state index contributed by atoms with van der Waals surface area (Å²) in [6.45, 7) is 3.10. The van der Waals surface area contributed by atoms with Gasteiger partial charge in [0.2, 0.25) is 0 Å². The van der Waals surface area contributed by atoms with Crippen molar-refractivity contribution in [2.75, 3.05) is 26.7 Å². The zero-order chi connectivity index (χ0) is 13.2. The molecule has 0 fully saturated rings. The Balaban J connectivity index is 0.00000147. The smallest absolute Gasteiger partial charge is 0.326 e. The number of hydrogen-bond acceptors (Lipinski definition) is 4. The van der Waals surface area contributed by atoms with Crippen LogP contribution in [0, 0.1) is 0 Å². The molecule has 20 heavy (non-hydrogen) atoms. The third-order valence-corrected chi connectivity index (χ3v) is 3.36. The van der Waals surface area contributed by atoms with E-state index in [0.717, 1.165) is 30.1 Å². The van der Waals surface area contributed by atoms with Crippen LogP contribution in [0.2, 0.25) is 0 Å². The predicted molar refractivity (Wildman–Crippen MR) is 90.9 cm³/mol. The number of halogens is 1. The molecule has 1 aliphatic heterocycles. The van der Waals surface area contributed by atoms with Gasteiger partial charge in [0.1, 0.15) is 0 Å². The van der Waals surface area contributed by atoms with Gasteiger partial charge in [-0.3, -0.25) is 9.56 Å². The number of imidazole rings is 1. The summed E-state index contributed by atoms with van der Waals surface area (Å²) < 4.78 is 1.75. The first kappa shape index (κ1) is 14.9. The summed E-state index contributed by atoms with van der Waals surface area (Å²) in [5, 5.41) is 3.26. The molecule has 6 nitrogen and oxygen atoms in total. The molecule has 1 aliphatic rings. The highest BCUT2D eigenvalue weighted by Gasteiger charge is 2.11. The molecular weight excluding hydrogens is 369 g/mol. The molecular formula is C13H18IN5O. The Bertz CT molecular complexity index is 675. The number of hydrogen-bond donors (Lipinski definition) is 2. The van der Waals surface area contributed by atoms with Gasteiger partial charge < -0.3 is 15.2 Å². The average molecular weight is 387 g/mol. The Labute approximate surface area is 133 Å². The number of nitrogens with one attached hydrogen (secondary N) is 2. The van der Waals surface area contributed by atoms with Crippen LogP contribution in [-0.2, 0) is 6.54 Å². The maximum atomic E-state index is 11.9. The Hall–Kier alpha value is -1.51. The van der Waals surface area contributed by atoms with Crippen molar-refractivity contribution in [1.29, 1.82) is 0 Å². The maximum Gasteiger partial charge on any atom is 0.326 e. The summed E-state index contributed by atoms with van der Waals surface area (Å²) in [6.07, 6.45) is 0. The molecule has 0 saturated heterocycles. The normalized spacial score (nSPS) is 14.2. The minimum absolute atomic E-state index is 0. The molecule has 0 unspecified atom stereocenters. The minimum Gasteiger partial charge on any atom is -0.354 e. The van der Waals surface area contributed by atoms with Crippen LogP contribution in [0.1, 0.15) is 0 Å². The molecule has 0 spiro atoms. The highest BCUT2D eigenvalue weighted by atomic mass is 127. The predicted octanol–water partition coefficient (Wildman–Crippen LogP) is 0.839. The number of para-hydroxylation sites is 2. The monoisotopic (exact) mass is 387 g/mol. The zero-order valence-corrected chi connectivity index (χ0v) is 13.6. The van der Waals surface area contributed by atoms with Crippen LogP contribution in [0.25, 0.3) is 11.0 Å². The van der Waals surface area contributed by atoms with Gasteiger partial charge >= 0.3 is 5.69 Å². The summed E-state index contributed by atoms with van der Waals surface area (Å²) >= 11 is 0. The molecule has 2 heterocycles. The van der Waals surface area contributed by atoms with Gasteiger partial charge in [0.15, 0.2) is 5.96 Å². The number of rotatable bonds is 3. The summed E-state index contributed by atoms with van der Waals surface area (Å²) in [5.74, 6) is 0.910. The van der Waals surface area contributed by atoms with Crippen LogP contribution >= 0.6 is 24.0 Å². The van der Waals surface area contributed by atoms with Crippen LogP contribution in [-0.4, -0.2) is 47.1 Å². The Morgan fingerprint density at radius 2 is 2.20 bits per heavy atom. The number of H-pyrrole nitrogens is 1. The molecule has 1 aromatic heterocycles. The Kier molecular flexibility index (Phi) is 4.69. The van der Waals surface area contributed by atoms with Gasteiger partial charge in [-0.1, -0.05) is 12.1 Å². The number of benzene rings is 1. The van der Waals surface area contributed by atoms with Crippen molar-refractivity contribution in [3.05, 3.63) is 34.7 Å². The van der Waals surface area contributed by atoms with E-state index < -0.39 is 0 Å². The summed E-state index contributed by atoms with van der Waals surface area (Å²) in [5.41, 5.74) is 1.75. The van der Waals surface area contributed by atoms with Crippen molar-refractivity contribution >= 4 is 41.0 Å². The Morgan fingerprint density at radius 3 is 2.95 bits per heavy atom.